The first-order valence-electron chi connectivity index (χ1n) is 7.83. The van der Waals surface area contributed by atoms with Gasteiger partial charge in [-0.05, 0) is 35.9 Å². The Labute approximate surface area is 148 Å². The van der Waals surface area contributed by atoms with Crippen molar-refractivity contribution in [3.05, 3.63) is 39.9 Å². The first-order chi connectivity index (χ1) is 10.6. The van der Waals surface area contributed by atoms with E-state index in [0.29, 0.717) is 10.0 Å². The number of carbonyl (C=O) groups is 1. The Morgan fingerprint density at radius 1 is 1.23 bits per heavy atom. The maximum absolute atomic E-state index is 12.4. The van der Waals surface area contributed by atoms with E-state index in [4.69, 9.17) is 23.2 Å². The monoisotopic (exact) mass is 358 g/mol. The van der Waals surface area contributed by atoms with Crippen molar-refractivity contribution in [2.24, 2.45) is 5.92 Å². The van der Waals surface area contributed by atoms with Crippen molar-refractivity contribution in [1.82, 2.24) is 0 Å². The highest BCUT2D eigenvalue weighted by Gasteiger charge is 2.15. The molecule has 0 aliphatic rings. The van der Waals surface area contributed by atoms with Crippen LogP contribution in [0.15, 0.2) is 24.3 Å². The highest BCUT2D eigenvalue weighted by atomic mass is 35.5. The maximum Gasteiger partial charge on any atom is 0.159 e. The molecule has 0 aromatic heterocycles. The Morgan fingerprint density at radius 2 is 2.00 bits per heavy atom. The Kier molecular flexibility index (Phi) is 9.94. The number of allylic oxidation sites excluding steroid dienone is 1. The van der Waals surface area contributed by atoms with Crippen LogP contribution >= 0.6 is 35.0 Å². The molecule has 0 unspecified atom stereocenters. The van der Waals surface area contributed by atoms with Gasteiger partial charge in [0.1, 0.15) is 0 Å². The van der Waals surface area contributed by atoms with E-state index in [-0.39, 0.29) is 11.7 Å². The summed E-state index contributed by atoms with van der Waals surface area (Å²) < 4.78 is 0. The molecule has 0 spiro atoms. The van der Waals surface area contributed by atoms with Crippen molar-refractivity contribution in [2.75, 3.05) is 11.5 Å². The molecule has 1 aromatic carbocycles. The van der Waals surface area contributed by atoms with Gasteiger partial charge in [-0.1, -0.05) is 68.5 Å². The summed E-state index contributed by atoms with van der Waals surface area (Å²) in [6, 6.07) is 5.39. The Hall–Kier alpha value is -0.440. The van der Waals surface area contributed by atoms with E-state index in [1.807, 2.05) is 23.9 Å². The van der Waals surface area contributed by atoms with E-state index in [1.54, 1.807) is 18.2 Å². The lowest BCUT2D eigenvalue weighted by molar-refractivity contribution is -0.117. The van der Waals surface area contributed by atoms with Gasteiger partial charge in [-0.15, -0.1) is 0 Å². The van der Waals surface area contributed by atoms with Crippen LogP contribution in [0.4, 0.5) is 0 Å². The van der Waals surface area contributed by atoms with Gasteiger partial charge in [0.2, 0.25) is 0 Å². The van der Waals surface area contributed by atoms with E-state index in [0.717, 1.165) is 29.9 Å². The molecule has 4 heteroatoms. The number of hydrogen-bond acceptors (Lipinski definition) is 2. The minimum atomic E-state index is 0.121. The molecule has 1 rings (SSSR count). The molecule has 0 saturated carbocycles. The second-order valence-electron chi connectivity index (χ2n) is 5.26. The highest BCUT2D eigenvalue weighted by molar-refractivity contribution is 7.99. The van der Waals surface area contributed by atoms with Gasteiger partial charge in [-0.2, -0.15) is 11.8 Å². The molecule has 1 atom stereocenters. The largest absolute Gasteiger partial charge is 0.295 e. The first kappa shape index (κ1) is 19.6. The molecule has 0 aliphatic heterocycles. The lowest BCUT2D eigenvalue weighted by Crippen LogP contribution is -2.15. The molecule has 0 fully saturated rings. The third-order valence-corrected chi connectivity index (χ3v) is 5.25. The highest BCUT2D eigenvalue weighted by Crippen LogP contribution is 2.23. The van der Waals surface area contributed by atoms with Crippen LogP contribution in [0, 0.1) is 5.92 Å². The zero-order valence-corrected chi connectivity index (χ0v) is 15.6. The van der Waals surface area contributed by atoms with Crippen LogP contribution in [-0.4, -0.2) is 17.3 Å². The quantitative estimate of drug-likeness (QED) is 0.349. The molecular weight excluding hydrogens is 335 g/mol. The fourth-order valence-electron chi connectivity index (χ4n) is 2.14. The zero-order valence-electron chi connectivity index (χ0n) is 13.3. The number of thioether (sulfide) groups is 1. The molecule has 1 nitrogen and oxygen atoms in total. The smallest absolute Gasteiger partial charge is 0.159 e. The van der Waals surface area contributed by atoms with Crippen molar-refractivity contribution in [1.29, 1.82) is 0 Å². The van der Waals surface area contributed by atoms with Crippen molar-refractivity contribution >= 4 is 46.8 Å². The fraction of sp³-hybridized carbons (Fsp3) is 0.500. The molecule has 0 heterocycles. The number of halogens is 2. The molecular formula is C18H24Cl2OS. The van der Waals surface area contributed by atoms with Crippen LogP contribution in [-0.2, 0) is 4.79 Å². The summed E-state index contributed by atoms with van der Waals surface area (Å²) in [5.41, 5.74) is 0.901. The minimum Gasteiger partial charge on any atom is -0.295 e. The summed E-state index contributed by atoms with van der Waals surface area (Å²) in [6.07, 6.45) is 7.99. The van der Waals surface area contributed by atoms with Crippen LogP contribution in [0.2, 0.25) is 10.0 Å². The summed E-state index contributed by atoms with van der Waals surface area (Å²) in [5.74, 6) is 2.29. The van der Waals surface area contributed by atoms with Gasteiger partial charge >= 0.3 is 0 Å². The van der Waals surface area contributed by atoms with Gasteiger partial charge in [0.25, 0.3) is 0 Å². The van der Waals surface area contributed by atoms with Crippen LogP contribution in [0.3, 0.4) is 0 Å². The third-order valence-electron chi connectivity index (χ3n) is 3.47. The number of hydrogen-bond donors (Lipinski definition) is 0. The summed E-state index contributed by atoms with van der Waals surface area (Å²) >= 11 is 13.7. The number of carbonyl (C=O) groups excluding carboxylic acids is 1. The summed E-state index contributed by atoms with van der Waals surface area (Å²) in [7, 11) is 0. The summed E-state index contributed by atoms with van der Waals surface area (Å²) in [5, 5.41) is 1.04. The molecule has 22 heavy (non-hydrogen) atoms. The normalized spacial score (nSPS) is 12.7. The zero-order chi connectivity index (χ0) is 16.4. The third kappa shape index (κ3) is 7.21. The number of unbranched alkanes of at least 4 members (excludes halogenated alkanes) is 2. The van der Waals surface area contributed by atoms with Gasteiger partial charge in [-0.3, -0.25) is 4.79 Å². The first-order valence-corrected chi connectivity index (χ1v) is 9.74. The minimum absolute atomic E-state index is 0.121. The van der Waals surface area contributed by atoms with Crippen molar-refractivity contribution in [3.63, 3.8) is 0 Å². The average Bonchev–Trinajstić information content (AvgIpc) is 2.51. The van der Waals surface area contributed by atoms with Gasteiger partial charge in [0, 0.05) is 11.7 Å². The Balaban J connectivity index is 2.66. The molecule has 0 saturated heterocycles. The van der Waals surface area contributed by atoms with Crippen molar-refractivity contribution in [2.45, 2.75) is 39.5 Å². The fourth-order valence-corrected chi connectivity index (χ4v) is 3.30. The molecule has 0 radical (unpaired) electrons. The van der Waals surface area contributed by atoms with Crippen molar-refractivity contribution < 1.29 is 4.79 Å². The predicted octanol–water partition coefficient (Wildman–Crippen LogP) is 6.53. The number of rotatable bonds is 10. The standard InChI is InChI=1S/C18H24Cl2OS/c1-3-5-6-7-15(13-22-4-2)18(21)11-9-14-8-10-16(19)17(20)12-14/h8-12,15H,3-7,13H2,1-2H3/b11-9-/t15-/m0/s1. The lowest BCUT2D eigenvalue weighted by atomic mass is 9.98. The van der Waals surface area contributed by atoms with E-state index in [1.165, 1.54) is 12.8 Å². The topological polar surface area (TPSA) is 17.1 Å². The van der Waals surface area contributed by atoms with Gasteiger partial charge in [-0.25, -0.2) is 0 Å². The SMILES string of the molecule is CCCCC[C@@H](CSCC)C(=O)/C=C\c1ccc(Cl)c(Cl)c1. The Bertz CT molecular complexity index is 500. The molecule has 1 aromatic rings. The van der Waals surface area contributed by atoms with E-state index in [9.17, 15) is 4.79 Å². The molecule has 0 aliphatic carbocycles. The maximum atomic E-state index is 12.4. The summed E-state index contributed by atoms with van der Waals surface area (Å²) in [4.78, 5) is 12.4. The van der Waals surface area contributed by atoms with Gasteiger partial charge in [0.15, 0.2) is 5.78 Å². The second-order valence-corrected chi connectivity index (χ2v) is 7.39. The van der Waals surface area contributed by atoms with E-state index in [2.05, 4.69) is 13.8 Å². The van der Waals surface area contributed by atoms with Crippen LogP contribution in [0.1, 0.15) is 45.1 Å². The molecule has 0 bridgehead atoms. The lowest BCUT2D eigenvalue weighted by Gasteiger charge is -2.12. The predicted molar refractivity (Wildman–Crippen MR) is 101 cm³/mol. The van der Waals surface area contributed by atoms with Crippen molar-refractivity contribution in [3.8, 4) is 0 Å². The number of benzene rings is 1. The summed E-state index contributed by atoms with van der Waals surface area (Å²) in [6.45, 7) is 4.31. The average molecular weight is 359 g/mol. The van der Waals surface area contributed by atoms with E-state index >= 15 is 0 Å². The molecule has 0 amide bonds. The Morgan fingerprint density at radius 3 is 2.64 bits per heavy atom. The molecule has 122 valence electrons. The van der Waals surface area contributed by atoms with Gasteiger partial charge < -0.3 is 0 Å². The van der Waals surface area contributed by atoms with E-state index < -0.39 is 0 Å². The number of ketones is 1. The molecule has 0 N–H and O–H groups in total. The van der Waals surface area contributed by atoms with Crippen LogP contribution in [0.5, 0.6) is 0 Å². The van der Waals surface area contributed by atoms with Crippen LogP contribution < -0.4 is 0 Å². The van der Waals surface area contributed by atoms with Gasteiger partial charge in [0.05, 0.1) is 10.0 Å². The van der Waals surface area contributed by atoms with Crippen LogP contribution in [0.25, 0.3) is 6.08 Å². The second kappa shape index (κ2) is 11.2.